The van der Waals surface area contributed by atoms with Crippen LogP contribution in [0.25, 0.3) is 11.0 Å². The third-order valence-electron chi connectivity index (χ3n) is 5.44. The molecule has 3 heterocycles. The van der Waals surface area contributed by atoms with Gasteiger partial charge in [-0.1, -0.05) is 12.1 Å². The zero-order chi connectivity index (χ0) is 16.7. The van der Waals surface area contributed by atoms with Gasteiger partial charge in [-0.3, -0.25) is 0 Å². The molecule has 0 amide bonds. The molecule has 2 atom stereocenters. The number of benzene rings is 1. The van der Waals surface area contributed by atoms with E-state index in [0.717, 1.165) is 49.3 Å². The number of anilines is 1. The summed E-state index contributed by atoms with van der Waals surface area (Å²) in [5.74, 6) is 0.653. The van der Waals surface area contributed by atoms with E-state index in [1.807, 2.05) is 18.2 Å². The van der Waals surface area contributed by atoms with E-state index in [0.29, 0.717) is 12.3 Å². The molecule has 24 heavy (non-hydrogen) atoms. The Labute approximate surface area is 141 Å². The van der Waals surface area contributed by atoms with Gasteiger partial charge >= 0.3 is 5.97 Å². The summed E-state index contributed by atoms with van der Waals surface area (Å²) in [6, 6.07) is 8.19. The summed E-state index contributed by atoms with van der Waals surface area (Å²) in [6.07, 6.45) is 3.07. The maximum absolute atomic E-state index is 11.0. The van der Waals surface area contributed by atoms with Crippen LogP contribution in [-0.4, -0.2) is 45.9 Å². The Morgan fingerprint density at radius 3 is 2.62 bits per heavy atom. The fourth-order valence-electron chi connectivity index (χ4n) is 4.08. The van der Waals surface area contributed by atoms with E-state index in [-0.39, 0.29) is 6.10 Å². The number of imidazole rings is 1. The number of aromatic nitrogens is 2. The number of nitrogens with zero attached hydrogens (tertiary/aromatic N) is 3. The lowest BCUT2D eigenvalue weighted by Gasteiger charge is -2.35. The Hall–Kier alpha value is -2.08. The molecule has 4 rings (SSSR count). The molecule has 2 saturated heterocycles. The van der Waals surface area contributed by atoms with Gasteiger partial charge in [0.25, 0.3) is 0 Å². The number of carbonyl (C=O) groups is 1. The molecule has 0 aliphatic carbocycles. The van der Waals surface area contributed by atoms with Crippen LogP contribution < -0.4 is 4.90 Å². The van der Waals surface area contributed by atoms with Crippen molar-refractivity contribution in [2.75, 3.05) is 18.0 Å². The van der Waals surface area contributed by atoms with Gasteiger partial charge in [-0.2, -0.15) is 0 Å². The van der Waals surface area contributed by atoms with Crippen LogP contribution in [0.15, 0.2) is 24.3 Å². The van der Waals surface area contributed by atoms with Crippen molar-refractivity contribution in [3.05, 3.63) is 24.3 Å². The maximum Gasteiger partial charge on any atom is 0.332 e. The number of fused-ring (bicyclic) bond motifs is 1. The molecule has 0 radical (unpaired) electrons. The first-order valence-corrected chi connectivity index (χ1v) is 8.68. The fraction of sp³-hybridized carbons (Fsp3) is 0.556. The Balaban J connectivity index is 1.42. The molecule has 0 bridgehead atoms. The van der Waals surface area contributed by atoms with Crippen LogP contribution in [0.5, 0.6) is 0 Å². The molecule has 128 valence electrons. The van der Waals surface area contributed by atoms with Crippen molar-refractivity contribution < 1.29 is 14.6 Å². The molecule has 0 spiro atoms. The van der Waals surface area contributed by atoms with Gasteiger partial charge < -0.3 is 19.3 Å². The average Bonchev–Trinajstić information content (AvgIpc) is 3.21. The van der Waals surface area contributed by atoms with E-state index in [4.69, 9.17) is 14.8 Å². The number of carboxylic acids is 1. The summed E-state index contributed by atoms with van der Waals surface area (Å²) < 4.78 is 7.89. The van der Waals surface area contributed by atoms with E-state index < -0.39 is 12.1 Å². The molecule has 2 aliphatic heterocycles. The van der Waals surface area contributed by atoms with Crippen molar-refractivity contribution in [2.45, 2.75) is 37.9 Å². The molecule has 2 aliphatic rings. The highest BCUT2D eigenvalue weighted by Crippen LogP contribution is 2.33. The molecule has 1 N–H and O–H groups in total. The van der Waals surface area contributed by atoms with Gasteiger partial charge in [-0.15, -0.1) is 0 Å². The predicted octanol–water partition coefficient (Wildman–Crippen LogP) is 2.42. The third-order valence-corrected chi connectivity index (χ3v) is 5.44. The average molecular weight is 329 g/mol. The van der Waals surface area contributed by atoms with Gasteiger partial charge in [0.15, 0.2) is 6.10 Å². The summed E-state index contributed by atoms with van der Waals surface area (Å²) in [4.78, 5) is 18.2. The molecule has 1 aromatic carbocycles. The smallest absolute Gasteiger partial charge is 0.332 e. The number of aliphatic carboxylic acids is 1. The lowest BCUT2D eigenvalue weighted by Crippen LogP contribution is -2.39. The fourth-order valence-corrected chi connectivity index (χ4v) is 4.08. The number of hydrogen-bond acceptors (Lipinski definition) is 4. The summed E-state index contributed by atoms with van der Waals surface area (Å²) in [7, 11) is 2.06. The second-order valence-electron chi connectivity index (χ2n) is 6.86. The van der Waals surface area contributed by atoms with Crippen molar-refractivity contribution in [1.82, 2.24) is 9.55 Å². The Morgan fingerprint density at radius 1 is 1.21 bits per heavy atom. The number of piperidine rings is 1. The SMILES string of the molecule is Cn1c(N2CCC([C@@H]3CC[C@H](C(=O)O)O3)CC2)nc2ccccc21. The number of ether oxygens (including phenoxy) is 1. The first-order chi connectivity index (χ1) is 11.6. The minimum atomic E-state index is -0.824. The summed E-state index contributed by atoms with van der Waals surface area (Å²) in [5, 5.41) is 9.08. The molecule has 2 fully saturated rings. The van der Waals surface area contributed by atoms with E-state index in [2.05, 4.69) is 22.6 Å². The highest BCUT2D eigenvalue weighted by atomic mass is 16.5. The molecule has 6 nitrogen and oxygen atoms in total. The van der Waals surface area contributed by atoms with E-state index >= 15 is 0 Å². The first kappa shape index (κ1) is 15.4. The Bertz CT molecular complexity index is 749. The van der Waals surface area contributed by atoms with Crippen LogP contribution in [0, 0.1) is 5.92 Å². The van der Waals surface area contributed by atoms with Crippen LogP contribution in [0.4, 0.5) is 5.95 Å². The summed E-state index contributed by atoms with van der Waals surface area (Å²) >= 11 is 0. The van der Waals surface area contributed by atoms with Crippen LogP contribution >= 0.6 is 0 Å². The standard InChI is InChI=1S/C18H23N3O3/c1-20-14-5-3-2-4-13(14)19-18(20)21-10-8-12(9-11-21)15-6-7-16(24-15)17(22)23/h2-5,12,15-16H,6-11H2,1H3,(H,22,23)/t15-,16+/m0/s1. The largest absolute Gasteiger partial charge is 0.479 e. The second kappa shape index (κ2) is 6.09. The third kappa shape index (κ3) is 2.65. The molecule has 6 heteroatoms. The number of para-hydroxylation sites is 2. The number of hydrogen-bond donors (Lipinski definition) is 1. The molecular weight excluding hydrogens is 306 g/mol. The van der Waals surface area contributed by atoms with Crippen molar-refractivity contribution in [2.24, 2.45) is 13.0 Å². The lowest BCUT2D eigenvalue weighted by atomic mass is 9.90. The minimum Gasteiger partial charge on any atom is -0.479 e. The lowest BCUT2D eigenvalue weighted by molar-refractivity contribution is -0.150. The Morgan fingerprint density at radius 2 is 1.96 bits per heavy atom. The van der Waals surface area contributed by atoms with E-state index in [9.17, 15) is 4.79 Å². The monoisotopic (exact) mass is 329 g/mol. The van der Waals surface area contributed by atoms with E-state index in [1.165, 1.54) is 0 Å². The summed E-state index contributed by atoms with van der Waals surface area (Å²) in [6.45, 7) is 1.89. The van der Waals surface area contributed by atoms with Gasteiger partial charge in [0, 0.05) is 20.1 Å². The maximum atomic E-state index is 11.0. The van der Waals surface area contributed by atoms with Gasteiger partial charge in [-0.25, -0.2) is 9.78 Å². The zero-order valence-corrected chi connectivity index (χ0v) is 13.9. The van der Waals surface area contributed by atoms with Gasteiger partial charge in [0.1, 0.15) is 0 Å². The quantitative estimate of drug-likeness (QED) is 0.937. The van der Waals surface area contributed by atoms with Crippen molar-refractivity contribution >= 4 is 23.0 Å². The van der Waals surface area contributed by atoms with Crippen LogP contribution in [-0.2, 0) is 16.6 Å². The van der Waals surface area contributed by atoms with Crippen LogP contribution in [0.1, 0.15) is 25.7 Å². The van der Waals surface area contributed by atoms with Crippen LogP contribution in [0.2, 0.25) is 0 Å². The number of aryl methyl sites for hydroxylation is 1. The van der Waals surface area contributed by atoms with Gasteiger partial charge in [-0.05, 0) is 43.7 Å². The van der Waals surface area contributed by atoms with Gasteiger partial charge in [0.05, 0.1) is 17.1 Å². The van der Waals surface area contributed by atoms with Crippen LogP contribution in [0.3, 0.4) is 0 Å². The Kier molecular flexibility index (Phi) is 3.92. The van der Waals surface area contributed by atoms with Crippen molar-refractivity contribution in [3.8, 4) is 0 Å². The topological polar surface area (TPSA) is 67.6 Å². The molecule has 1 aromatic heterocycles. The minimum absolute atomic E-state index is 0.105. The predicted molar refractivity (Wildman–Crippen MR) is 91.2 cm³/mol. The molecule has 0 unspecified atom stereocenters. The first-order valence-electron chi connectivity index (χ1n) is 8.68. The number of rotatable bonds is 3. The van der Waals surface area contributed by atoms with E-state index in [1.54, 1.807) is 0 Å². The highest BCUT2D eigenvalue weighted by Gasteiger charge is 2.37. The summed E-state index contributed by atoms with van der Waals surface area (Å²) in [5.41, 5.74) is 2.18. The van der Waals surface area contributed by atoms with Gasteiger partial charge in [0.2, 0.25) is 5.95 Å². The number of carboxylic acid groups (broad SMARTS) is 1. The molecule has 2 aromatic rings. The highest BCUT2D eigenvalue weighted by molar-refractivity contribution is 5.78. The zero-order valence-electron chi connectivity index (χ0n) is 13.9. The van der Waals surface area contributed by atoms with Crippen molar-refractivity contribution in [1.29, 1.82) is 0 Å². The normalized spacial score (nSPS) is 25.5. The molecule has 0 saturated carbocycles. The van der Waals surface area contributed by atoms with Crippen molar-refractivity contribution in [3.63, 3.8) is 0 Å². The second-order valence-corrected chi connectivity index (χ2v) is 6.86. The molecular formula is C18H23N3O3.